The minimum atomic E-state index is -3.61. The number of nitrogens with zero attached hydrogens (tertiary/aromatic N) is 3. The predicted molar refractivity (Wildman–Crippen MR) is 122 cm³/mol. The van der Waals surface area contributed by atoms with Crippen LogP contribution in [-0.2, 0) is 21.4 Å². The zero-order valence-electron chi connectivity index (χ0n) is 17.5. The highest BCUT2D eigenvalue weighted by Gasteiger charge is 2.30. The van der Waals surface area contributed by atoms with Gasteiger partial charge in [0.25, 0.3) is 0 Å². The smallest absolute Gasteiger partial charge is 0.317 e. The van der Waals surface area contributed by atoms with E-state index in [2.05, 4.69) is 5.32 Å². The lowest BCUT2D eigenvalue weighted by Gasteiger charge is -2.34. The van der Waals surface area contributed by atoms with Crippen molar-refractivity contribution in [2.24, 2.45) is 0 Å². The van der Waals surface area contributed by atoms with Gasteiger partial charge >= 0.3 is 6.03 Å². The van der Waals surface area contributed by atoms with Crippen molar-refractivity contribution >= 4 is 39.2 Å². The quantitative estimate of drug-likeness (QED) is 0.718. The third-order valence-electron chi connectivity index (χ3n) is 5.74. The van der Waals surface area contributed by atoms with Crippen molar-refractivity contribution in [3.8, 4) is 0 Å². The van der Waals surface area contributed by atoms with Crippen molar-refractivity contribution in [1.29, 1.82) is 0 Å². The normalized spacial score (nSPS) is 17.6. The molecule has 0 unspecified atom stereocenters. The van der Waals surface area contributed by atoms with E-state index in [-0.39, 0.29) is 29.9 Å². The predicted octanol–water partition coefficient (Wildman–Crippen LogP) is 2.68. The molecule has 2 heterocycles. The molecular formula is C22H25ClN4O4S. The molecule has 2 aromatic rings. The number of halogens is 1. The van der Waals surface area contributed by atoms with Crippen LogP contribution in [0.3, 0.4) is 0 Å². The van der Waals surface area contributed by atoms with E-state index in [1.54, 1.807) is 21.9 Å². The van der Waals surface area contributed by atoms with E-state index in [0.29, 0.717) is 31.1 Å². The lowest BCUT2D eigenvalue weighted by Crippen LogP contribution is -2.52. The Kier molecular flexibility index (Phi) is 6.68. The van der Waals surface area contributed by atoms with Crippen LogP contribution in [0.1, 0.15) is 18.4 Å². The molecule has 0 aliphatic carbocycles. The van der Waals surface area contributed by atoms with Crippen molar-refractivity contribution < 1.29 is 18.0 Å². The number of carbonyl (C=O) groups excluding carboxylic acids is 2. The first-order valence-corrected chi connectivity index (χ1v) is 12.3. The van der Waals surface area contributed by atoms with E-state index in [4.69, 9.17) is 11.6 Å². The Morgan fingerprint density at radius 2 is 1.59 bits per heavy atom. The van der Waals surface area contributed by atoms with Crippen LogP contribution in [0.5, 0.6) is 0 Å². The molecule has 2 fully saturated rings. The number of carbonyl (C=O) groups is 2. The minimum Gasteiger partial charge on any atom is -0.334 e. The Bertz CT molecular complexity index is 1080. The molecule has 4 rings (SSSR count). The summed E-state index contributed by atoms with van der Waals surface area (Å²) in [6.07, 6.45) is 1.47. The molecule has 8 nitrogen and oxygen atoms in total. The molecule has 1 N–H and O–H groups in total. The van der Waals surface area contributed by atoms with Crippen LogP contribution in [0.2, 0.25) is 5.02 Å². The number of anilines is 1. The molecule has 3 amide bonds. The topological polar surface area (TPSA) is 90.0 Å². The van der Waals surface area contributed by atoms with Gasteiger partial charge in [-0.25, -0.2) is 13.2 Å². The molecule has 170 valence electrons. The van der Waals surface area contributed by atoms with E-state index in [0.717, 1.165) is 24.2 Å². The molecule has 2 saturated heterocycles. The molecule has 10 heteroatoms. The molecule has 0 radical (unpaired) electrons. The Balaban J connectivity index is 1.27. The van der Waals surface area contributed by atoms with Gasteiger partial charge < -0.3 is 15.1 Å². The number of hydrogen-bond acceptors (Lipinski definition) is 4. The Morgan fingerprint density at radius 1 is 0.938 bits per heavy atom. The Morgan fingerprint density at radius 3 is 2.19 bits per heavy atom. The van der Waals surface area contributed by atoms with Gasteiger partial charge in [0.05, 0.1) is 4.90 Å². The number of benzene rings is 2. The fourth-order valence-electron chi connectivity index (χ4n) is 3.89. The number of rotatable bonds is 5. The van der Waals surface area contributed by atoms with Crippen LogP contribution in [0, 0.1) is 0 Å². The highest BCUT2D eigenvalue weighted by atomic mass is 35.5. The van der Waals surface area contributed by atoms with Crippen LogP contribution < -0.4 is 10.2 Å². The number of sulfonamides is 1. The first-order valence-electron chi connectivity index (χ1n) is 10.5. The van der Waals surface area contributed by atoms with Gasteiger partial charge in [0.15, 0.2) is 0 Å². The van der Waals surface area contributed by atoms with E-state index in [1.165, 1.54) is 16.4 Å². The molecule has 0 aromatic heterocycles. The second-order valence-corrected chi connectivity index (χ2v) is 10.2. The standard InChI is InChI=1S/C22H25ClN4O4S/c23-18-5-9-20(10-6-18)32(30,31)26-14-12-25(13-15-26)22(29)24-16-17-3-7-19(8-4-17)27-11-1-2-21(27)28/h3-10H,1-2,11-16H2,(H,24,29). The number of piperazine rings is 1. The molecule has 0 spiro atoms. The Hall–Kier alpha value is -2.62. The van der Waals surface area contributed by atoms with Crippen LogP contribution in [-0.4, -0.2) is 62.3 Å². The van der Waals surface area contributed by atoms with E-state index < -0.39 is 10.0 Å². The first-order chi connectivity index (χ1) is 15.3. The fourth-order valence-corrected chi connectivity index (χ4v) is 5.44. The second kappa shape index (κ2) is 9.48. The zero-order chi connectivity index (χ0) is 22.7. The van der Waals surface area contributed by atoms with Gasteiger partial charge in [-0.05, 0) is 48.4 Å². The molecular weight excluding hydrogens is 452 g/mol. The van der Waals surface area contributed by atoms with Crippen LogP contribution in [0.25, 0.3) is 0 Å². The third-order valence-corrected chi connectivity index (χ3v) is 7.91. The van der Waals surface area contributed by atoms with Gasteiger partial charge in [-0.3, -0.25) is 4.79 Å². The van der Waals surface area contributed by atoms with Crippen molar-refractivity contribution in [2.75, 3.05) is 37.6 Å². The van der Waals surface area contributed by atoms with Gasteiger partial charge in [0.2, 0.25) is 15.9 Å². The summed E-state index contributed by atoms with van der Waals surface area (Å²) in [6, 6.07) is 13.4. The van der Waals surface area contributed by atoms with Crippen molar-refractivity contribution in [3.05, 3.63) is 59.1 Å². The summed E-state index contributed by atoms with van der Waals surface area (Å²) in [6.45, 7) is 2.20. The molecule has 0 bridgehead atoms. The van der Waals surface area contributed by atoms with Gasteiger partial charge in [0, 0.05) is 56.4 Å². The monoisotopic (exact) mass is 476 g/mol. The molecule has 32 heavy (non-hydrogen) atoms. The first kappa shape index (κ1) is 22.6. The summed E-state index contributed by atoms with van der Waals surface area (Å²) in [4.78, 5) is 28.0. The average Bonchev–Trinajstić information content (AvgIpc) is 3.24. The molecule has 0 saturated carbocycles. The number of nitrogens with one attached hydrogen (secondary N) is 1. The SMILES string of the molecule is O=C(NCc1ccc(N2CCCC2=O)cc1)N1CCN(S(=O)(=O)c2ccc(Cl)cc2)CC1. The lowest BCUT2D eigenvalue weighted by molar-refractivity contribution is -0.117. The van der Waals surface area contributed by atoms with E-state index in [9.17, 15) is 18.0 Å². The number of amides is 3. The molecule has 2 aliphatic heterocycles. The van der Waals surface area contributed by atoms with Gasteiger partial charge in [-0.15, -0.1) is 0 Å². The largest absolute Gasteiger partial charge is 0.334 e. The highest BCUT2D eigenvalue weighted by molar-refractivity contribution is 7.89. The maximum absolute atomic E-state index is 12.8. The highest BCUT2D eigenvalue weighted by Crippen LogP contribution is 2.22. The second-order valence-electron chi connectivity index (χ2n) is 7.82. The molecule has 0 atom stereocenters. The number of urea groups is 1. The van der Waals surface area contributed by atoms with E-state index >= 15 is 0 Å². The van der Waals surface area contributed by atoms with Gasteiger partial charge in [-0.1, -0.05) is 23.7 Å². The maximum Gasteiger partial charge on any atom is 0.317 e. The zero-order valence-corrected chi connectivity index (χ0v) is 19.1. The molecule has 2 aromatic carbocycles. The summed E-state index contributed by atoms with van der Waals surface area (Å²) in [5.41, 5.74) is 1.80. The van der Waals surface area contributed by atoms with Crippen LogP contribution in [0.15, 0.2) is 53.4 Å². The maximum atomic E-state index is 12.8. The minimum absolute atomic E-state index is 0.142. The Labute approximate surface area is 192 Å². The molecule has 2 aliphatic rings. The summed E-state index contributed by atoms with van der Waals surface area (Å²) in [7, 11) is -3.61. The number of hydrogen-bond donors (Lipinski definition) is 1. The summed E-state index contributed by atoms with van der Waals surface area (Å²) in [5.74, 6) is 0.142. The van der Waals surface area contributed by atoms with Crippen molar-refractivity contribution in [1.82, 2.24) is 14.5 Å². The summed E-state index contributed by atoms with van der Waals surface area (Å²) in [5, 5.41) is 3.36. The van der Waals surface area contributed by atoms with Crippen LogP contribution in [0.4, 0.5) is 10.5 Å². The summed E-state index contributed by atoms with van der Waals surface area (Å²) < 4.78 is 26.9. The van der Waals surface area contributed by atoms with Crippen molar-refractivity contribution in [3.63, 3.8) is 0 Å². The van der Waals surface area contributed by atoms with Gasteiger partial charge in [-0.2, -0.15) is 4.31 Å². The third kappa shape index (κ3) is 4.90. The fraction of sp³-hybridized carbons (Fsp3) is 0.364. The van der Waals surface area contributed by atoms with Crippen LogP contribution >= 0.6 is 11.6 Å². The van der Waals surface area contributed by atoms with Crippen molar-refractivity contribution in [2.45, 2.75) is 24.3 Å². The van der Waals surface area contributed by atoms with E-state index in [1.807, 2.05) is 24.3 Å². The summed E-state index contributed by atoms with van der Waals surface area (Å²) >= 11 is 5.84. The lowest BCUT2D eigenvalue weighted by atomic mass is 10.2. The average molecular weight is 477 g/mol. The van der Waals surface area contributed by atoms with Gasteiger partial charge in [0.1, 0.15) is 0 Å².